The second-order valence-corrected chi connectivity index (χ2v) is 5.99. The van der Waals surface area contributed by atoms with Crippen LogP contribution >= 0.6 is 11.3 Å². The molecule has 5 nitrogen and oxygen atoms in total. The van der Waals surface area contributed by atoms with Gasteiger partial charge < -0.3 is 4.74 Å². The van der Waals surface area contributed by atoms with Gasteiger partial charge in [0.2, 0.25) is 0 Å². The first-order valence-electron chi connectivity index (χ1n) is 5.40. The minimum Gasteiger partial charge on any atom is -0.465 e. The second kappa shape index (κ2) is 6.01. The van der Waals surface area contributed by atoms with E-state index < -0.39 is 16.8 Å². The standard InChI is InChI=1S/C11H12N2O3S2/c1-2-16-10(14)7-18(15)6-9-13-8-4-3-5-12-11(8)17-9/h3-5H,2,6-7H2,1H3. The van der Waals surface area contributed by atoms with Crippen LogP contribution in [0.2, 0.25) is 0 Å². The smallest absolute Gasteiger partial charge is 0.318 e. The van der Waals surface area contributed by atoms with Gasteiger partial charge in [0.25, 0.3) is 0 Å². The summed E-state index contributed by atoms with van der Waals surface area (Å²) in [6, 6.07) is 3.66. The molecule has 0 aliphatic rings. The number of pyridine rings is 1. The average Bonchev–Trinajstić information content (AvgIpc) is 2.70. The van der Waals surface area contributed by atoms with Crippen LogP contribution in [0.3, 0.4) is 0 Å². The summed E-state index contributed by atoms with van der Waals surface area (Å²) in [5.41, 5.74) is 0.797. The summed E-state index contributed by atoms with van der Waals surface area (Å²) in [5.74, 6) is -0.258. The summed E-state index contributed by atoms with van der Waals surface area (Å²) in [6.07, 6.45) is 1.69. The number of carbonyl (C=O) groups excluding carboxylic acids is 1. The first-order chi connectivity index (χ1) is 8.69. The van der Waals surface area contributed by atoms with E-state index in [1.807, 2.05) is 6.07 Å². The molecule has 0 aliphatic carbocycles. The predicted octanol–water partition coefficient (Wildman–Crippen LogP) is 1.50. The largest absolute Gasteiger partial charge is 0.465 e. The Bertz CT molecular complexity index is 549. The molecule has 0 saturated heterocycles. The van der Waals surface area contributed by atoms with Crippen LogP contribution in [0.15, 0.2) is 18.3 Å². The zero-order valence-electron chi connectivity index (χ0n) is 9.79. The fraction of sp³-hybridized carbons (Fsp3) is 0.364. The highest BCUT2D eigenvalue weighted by atomic mass is 32.2. The zero-order valence-corrected chi connectivity index (χ0v) is 11.4. The molecule has 0 amide bonds. The van der Waals surface area contributed by atoms with Gasteiger partial charge in [-0.15, -0.1) is 0 Å². The van der Waals surface area contributed by atoms with Crippen molar-refractivity contribution in [3.8, 4) is 0 Å². The van der Waals surface area contributed by atoms with Crippen LogP contribution < -0.4 is 0 Å². The van der Waals surface area contributed by atoms with Crippen molar-refractivity contribution in [3.05, 3.63) is 23.3 Å². The Hall–Kier alpha value is -1.34. The zero-order chi connectivity index (χ0) is 13.0. The number of aromatic nitrogens is 2. The molecular formula is C11H12N2O3S2. The van der Waals surface area contributed by atoms with Crippen molar-refractivity contribution in [2.45, 2.75) is 12.7 Å². The van der Waals surface area contributed by atoms with Crippen molar-refractivity contribution in [1.82, 2.24) is 9.97 Å². The van der Waals surface area contributed by atoms with E-state index in [4.69, 9.17) is 4.74 Å². The molecule has 1 unspecified atom stereocenters. The van der Waals surface area contributed by atoms with Crippen LogP contribution in [0.1, 0.15) is 11.9 Å². The van der Waals surface area contributed by atoms with Gasteiger partial charge in [-0.2, -0.15) is 0 Å². The van der Waals surface area contributed by atoms with Crippen molar-refractivity contribution in [3.63, 3.8) is 0 Å². The van der Waals surface area contributed by atoms with Gasteiger partial charge in [0, 0.05) is 17.0 Å². The lowest BCUT2D eigenvalue weighted by Gasteiger charge is -2.00. The highest BCUT2D eigenvalue weighted by Gasteiger charge is 2.12. The van der Waals surface area contributed by atoms with Crippen molar-refractivity contribution >= 4 is 38.5 Å². The quantitative estimate of drug-likeness (QED) is 0.778. The van der Waals surface area contributed by atoms with Crippen LogP contribution in [0, 0.1) is 0 Å². The SMILES string of the molecule is CCOC(=O)CS(=O)Cc1nc2cccnc2s1. The van der Waals surface area contributed by atoms with E-state index >= 15 is 0 Å². The minimum atomic E-state index is -1.28. The van der Waals surface area contributed by atoms with Crippen molar-refractivity contribution in [2.75, 3.05) is 12.4 Å². The van der Waals surface area contributed by atoms with Gasteiger partial charge in [-0.3, -0.25) is 9.00 Å². The molecule has 0 N–H and O–H groups in total. The Labute approximate surface area is 111 Å². The van der Waals surface area contributed by atoms with Crippen molar-refractivity contribution < 1.29 is 13.7 Å². The fourth-order valence-electron chi connectivity index (χ4n) is 1.40. The predicted molar refractivity (Wildman–Crippen MR) is 70.8 cm³/mol. The lowest BCUT2D eigenvalue weighted by Crippen LogP contribution is -2.14. The Morgan fingerprint density at radius 1 is 1.56 bits per heavy atom. The van der Waals surface area contributed by atoms with E-state index in [9.17, 15) is 9.00 Å². The van der Waals surface area contributed by atoms with Crippen LogP contribution in [0.25, 0.3) is 10.3 Å². The lowest BCUT2D eigenvalue weighted by molar-refractivity contribution is -0.139. The number of nitrogens with zero attached hydrogens (tertiary/aromatic N) is 2. The average molecular weight is 284 g/mol. The number of thiazole rings is 1. The Balaban J connectivity index is 2.00. The Kier molecular flexibility index (Phi) is 4.38. The number of rotatable bonds is 5. The van der Waals surface area contributed by atoms with Gasteiger partial charge in [0.15, 0.2) is 0 Å². The van der Waals surface area contributed by atoms with Gasteiger partial charge >= 0.3 is 5.97 Å². The van der Waals surface area contributed by atoms with E-state index in [1.54, 1.807) is 19.2 Å². The number of esters is 1. The molecule has 2 rings (SSSR count). The van der Waals surface area contributed by atoms with Crippen LogP contribution in [0.4, 0.5) is 0 Å². The first kappa shape index (κ1) is 13.1. The lowest BCUT2D eigenvalue weighted by atomic mass is 10.5. The summed E-state index contributed by atoms with van der Waals surface area (Å²) in [5, 5.41) is 0.728. The molecule has 1 atom stereocenters. The van der Waals surface area contributed by atoms with Crippen LogP contribution in [-0.4, -0.2) is 32.5 Å². The number of carbonyl (C=O) groups is 1. The third-order valence-electron chi connectivity index (χ3n) is 2.08. The van der Waals surface area contributed by atoms with E-state index in [2.05, 4.69) is 9.97 Å². The molecule has 0 saturated carbocycles. The maximum Gasteiger partial charge on any atom is 0.318 e. The van der Waals surface area contributed by atoms with Crippen molar-refractivity contribution in [2.24, 2.45) is 0 Å². The monoisotopic (exact) mass is 284 g/mol. The Morgan fingerprint density at radius 3 is 3.11 bits per heavy atom. The van der Waals surface area contributed by atoms with E-state index in [1.165, 1.54) is 11.3 Å². The van der Waals surface area contributed by atoms with Gasteiger partial charge in [0.05, 0.1) is 12.4 Å². The first-order valence-corrected chi connectivity index (χ1v) is 7.70. The molecule has 96 valence electrons. The Morgan fingerprint density at radius 2 is 2.39 bits per heavy atom. The molecule has 0 aliphatic heterocycles. The topological polar surface area (TPSA) is 69.2 Å². The second-order valence-electron chi connectivity index (χ2n) is 3.47. The van der Waals surface area contributed by atoms with E-state index in [0.29, 0.717) is 6.61 Å². The number of ether oxygens (including phenoxy) is 1. The van der Waals surface area contributed by atoms with Crippen molar-refractivity contribution in [1.29, 1.82) is 0 Å². The molecule has 0 bridgehead atoms. The third-order valence-corrected chi connectivity index (χ3v) is 4.39. The molecule has 2 heterocycles. The van der Waals surface area contributed by atoms with Crippen LogP contribution in [0.5, 0.6) is 0 Å². The summed E-state index contributed by atoms with van der Waals surface area (Å²) in [4.78, 5) is 20.5. The van der Waals surface area contributed by atoms with E-state index in [0.717, 1.165) is 15.4 Å². The minimum absolute atomic E-state index is 0.0861. The molecule has 0 spiro atoms. The summed E-state index contributed by atoms with van der Waals surface area (Å²) in [7, 11) is -1.28. The van der Waals surface area contributed by atoms with E-state index in [-0.39, 0.29) is 11.5 Å². The summed E-state index contributed by atoms with van der Waals surface area (Å²) in [6.45, 7) is 2.03. The fourth-order valence-corrected chi connectivity index (χ4v) is 3.52. The molecule has 0 radical (unpaired) electrons. The molecule has 0 fully saturated rings. The molecule has 2 aromatic rings. The molecule has 7 heteroatoms. The molecule has 18 heavy (non-hydrogen) atoms. The van der Waals surface area contributed by atoms with Gasteiger partial charge in [-0.05, 0) is 19.1 Å². The van der Waals surface area contributed by atoms with Gasteiger partial charge in [-0.1, -0.05) is 11.3 Å². The summed E-state index contributed by atoms with van der Waals surface area (Å²) < 4.78 is 16.5. The number of hydrogen-bond acceptors (Lipinski definition) is 6. The third kappa shape index (κ3) is 3.33. The maximum absolute atomic E-state index is 11.7. The van der Waals surface area contributed by atoms with Crippen LogP contribution in [-0.2, 0) is 26.1 Å². The molecular weight excluding hydrogens is 272 g/mol. The summed E-state index contributed by atoms with van der Waals surface area (Å²) >= 11 is 1.40. The normalized spacial score (nSPS) is 12.5. The highest BCUT2D eigenvalue weighted by Crippen LogP contribution is 2.20. The highest BCUT2D eigenvalue weighted by molar-refractivity contribution is 7.85. The number of hydrogen-bond donors (Lipinski definition) is 0. The maximum atomic E-state index is 11.7. The number of fused-ring (bicyclic) bond motifs is 1. The van der Waals surface area contributed by atoms with Gasteiger partial charge in [-0.25, -0.2) is 9.97 Å². The molecule has 0 aromatic carbocycles. The van der Waals surface area contributed by atoms with Gasteiger partial charge in [0.1, 0.15) is 21.1 Å². The molecule has 2 aromatic heterocycles.